The largest absolute Gasteiger partial charge is 0.310 e. The van der Waals surface area contributed by atoms with Gasteiger partial charge in [0.15, 0.2) is 0 Å². The molecule has 1 amide bonds. The summed E-state index contributed by atoms with van der Waals surface area (Å²) >= 11 is 0. The molecule has 1 heterocycles. The van der Waals surface area contributed by atoms with Crippen LogP contribution in [0.3, 0.4) is 0 Å². The van der Waals surface area contributed by atoms with E-state index in [1.807, 2.05) is 63.2 Å². The maximum Gasteiger partial charge on any atom is 0.250 e. The lowest BCUT2D eigenvalue weighted by atomic mass is 10.1. The van der Waals surface area contributed by atoms with Gasteiger partial charge in [-0.3, -0.25) is 9.10 Å². The number of fused-ring (bicyclic) bond motifs is 1. The summed E-state index contributed by atoms with van der Waals surface area (Å²) in [7, 11) is -3.63. The van der Waals surface area contributed by atoms with Gasteiger partial charge in [0.2, 0.25) is 10.0 Å². The highest BCUT2D eigenvalue weighted by Gasteiger charge is 2.37. The van der Waals surface area contributed by atoms with Crippen molar-refractivity contribution in [3.05, 3.63) is 59.2 Å². The van der Waals surface area contributed by atoms with Crippen LogP contribution in [0.25, 0.3) is 0 Å². The number of carbonyl (C=O) groups is 1. The number of hydrogen-bond acceptors (Lipinski definition) is 3. The van der Waals surface area contributed by atoms with Gasteiger partial charge in [0.25, 0.3) is 5.91 Å². The highest BCUT2D eigenvalue weighted by atomic mass is 32.2. The molecule has 2 aromatic rings. The number of hydrogen-bond donors (Lipinski definition) is 0. The zero-order valence-electron chi connectivity index (χ0n) is 16.3. The zero-order valence-corrected chi connectivity index (χ0v) is 17.1. The minimum Gasteiger partial charge on any atom is -0.310 e. The summed E-state index contributed by atoms with van der Waals surface area (Å²) in [5.41, 5.74) is 4.37. The maximum atomic E-state index is 13.4. The summed E-state index contributed by atoms with van der Waals surface area (Å²) in [4.78, 5) is 15.1. The van der Waals surface area contributed by atoms with Crippen LogP contribution in [0.1, 0.15) is 30.0 Å². The van der Waals surface area contributed by atoms with E-state index in [9.17, 15) is 13.2 Å². The monoisotopic (exact) mass is 386 g/mol. The molecule has 1 atom stereocenters. The van der Waals surface area contributed by atoms with Crippen molar-refractivity contribution in [1.82, 2.24) is 0 Å². The highest BCUT2D eigenvalue weighted by molar-refractivity contribution is 7.92. The molecule has 5 nitrogen and oxygen atoms in total. The maximum absolute atomic E-state index is 13.4. The molecule has 0 saturated heterocycles. The third kappa shape index (κ3) is 3.72. The standard InChI is InChI=1S/C21H26N2O3S/c1-5-18(21(24)22-13-12-17-8-6-7-9-19(17)22)23(27(4,25)26)20-14-15(2)10-11-16(20)3/h6-11,14,18H,5,12-13H2,1-4H3/t18-/m1/s1. The Morgan fingerprint density at radius 2 is 1.89 bits per heavy atom. The quantitative estimate of drug-likeness (QED) is 0.791. The topological polar surface area (TPSA) is 57.7 Å². The minimum atomic E-state index is -3.63. The van der Waals surface area contributed by atoms with Crippen molar-refractivity contribution in [3.8, 4) is 0 Å². The molecule has 0 spiro atoms. The summed E-state index contributed by atoms with van der Waals surface area (Å²) in [6.07, 6.45) is 2.36. The van der Waals surface area contributed by atoms with Crippen LogP contribution in [0.4, 0.5) is 11.4 Å². The first-order chi connectivity index (χ1) is 12.7. The Bertz CT molecular complexity index is 969. The first-order valence-electron chi connectivity index (χ1n) is 9.20. The number of carbonyl (C=O) groups excluding carboxylic acids is 1. The van der Waals surface area contributed by atoms with Gasteiger partial charge in [0.1, 0.15) is 6.04 Å². The molecular formula is C21H26N2O3S. The van der Waals surface area contributed by atoms with Gasteiger partial charge in [-0.25, -0.2) is 8.42 Å². The van der Waals surface area contributed by atoms with Crippen LogP contribution in [0.5, 0.6) is 0 Å². The van der Waals surface area contributed by atoms with Gasteiger partial charge in [-0.1, -0.05) is 37.3 Å². The summed E-state index contributed by atoms with van der Waals surface area (Å²) in [6, 6.07) is 12.7. The van der Waals surface area contributed by atoms with E-state index in [-0.39, 0.29) is 5.91 Å². The van der Waals surface area contributed by atoms with E-state index in [1.165, 1.54) is 10.6 Å². The number of amides is 1. The van der Waals surface area contributed by atoms with Crippen LogP contribution < -0.4 is 9.21 Å². The lowest BCUT2D eigenvalue weighted by Gasteiger charge is -2.34. The second-order valence-corrected chi connectivity index (χ2v) is 9.00. The van der Waals surface area contributed by atoms with Gasteiger partial charge < -0.3 is 4.90 Å². The molecule has 0 bridgehead atoms. The zero-order chi connectivity index (χ0) is 19.8. The van der Waals surface area contributed by atoms with Crippen LogP contribution >= 0.6 is 0 Å². The first kappa shape index (κ1) is 19.4. The van der Waals surface area contributed by atoms with Crippen LogP contribution in [0.15, 0.2) is 42.5 Å². The molecule has 27 heavy (non-hydrogen) atoms. The van der Waals surface area contributed by atoms with Crippen molar-refractivity contribution < 1.29 is 13.2 Å². The molecule has 0 radical (unpaired) electrons. The number of sulfonamides is 1. The number of aryl methyl sites for hydroxylation is 2. The molecule has 2 aromatic carbocycles. The fraction of sp³-hybridized carbons (Fsp3) is 0.381. The van der Waals surface area contributed by atoms with Crippen LogP contribution in [0.2, 0.25) is 0 Å². The predicted octanol–water partition coefficient (Wildman–Crippen LogP) is 3.44. The second kappa shape index (κ2) is 7.35. The number of anilines is 2. The number of nitrogens with zero attached hydrogens (tertiary/aromatic N) is 2. The van der Waals surface area contributed by atoms with Crippen molar-refractivity contribution in [2.24, 2.45) is 0 Å². The molecule has 3 rings (SSSR count). The molecule has 0 N–H and O–H groups in total. The molecule has 0 aromatic heterocycles. The van der Waals surface area contributed by atoms with Gasteiger partial charge >= 0.3 is 0 Å². The molecule has 0 saturated carbocycles. The van der Waals surface area contributed by atoms with E-state index in [0.29, 0.717) is 18.7 Å². The Balaban J connectivity index is 2.05. The molecule has 144 valence electrons. The van der Waals surface area contributed by atoms with Crippen molar-refractivity contribution in [1.29, 1.82) is 0 Å². The van der Waals surface area contributed by atoms with E-state index in [1.54, 1.807) is 4.90 Å². The molecule has 0 fully saturated rings. The summed E-state index contributed by atoms with van der Waals surface area (Å²) < 4.78 is 26.7. The van der Waals surface area contributed by atoms with Crippen LogP contribution in [0, 0.1) is 13.8 Å². The number of benzene rings is 2. The van der Waals surface area contributed by atoms with Crippen molar-refractivity contribution in [2.75, 3.05) is 22.0 Å². The molecule has 1 aliphatic rings. The van der Waals surface area contributed by atoms with Crippen molar-refractivity contribution in [2.45, 2.75) is 39.7 Å². The van der Waals surface area contributed by atoms with Gasteiger partial charge in [0, 0.05) is 12.2 Å². The third-order valence-corrected chi connectivity index (χ3v) is 6.23. The van der Waals surface area contributed by atoms with Gasteiger partial charge in [0.05, 0.1) is 11.9 Å². The Morgan fingerprint density at radius 1 is 1.19 bits per heavy atom. The highest BCUT2D eigenvalue weighted by Crippen LogP contribution is 2.32. The lowest BCUT2D eigenvalue weighted by Crippen LogP contribution is -2.50. The predicted molar refractivity (Wildman–Crippen MR) is 110 cm³/mol. The van der Waals surface area contributed by atoms with Gasteiger partial charge in [-0.05, 0) is 55.5 Å². The van der Waals surface area contributed by atoms with Gasteiger partial charge in [-0.2, -0.15) is 0 Å². The van der Waals surface area contributed by atoms with Gasteiger partial charge in [-0.15, -0.1) is 0 Å². The minimum absolute atomic E-state index is 0.172. The summed E-state index contributed by atoms with van der Waals surface area (Å²) in [5, 5.41) is 0. The van der Waals surface area contributed by atoms with E-state index in [4.69, 9.17) is 0 Å². The Morgan fingerprint density at radius 3 is 2.56 bits per heavy atom. The fourth-order valence-corrected chi connectivity index (χ4v) is 4.98. The van der Waals surface area contributed by atoms with Crippen molar-refractivity contribution in [3.63, 3.8) is 0 Å². The van der Waals surface area contributed by atoms with E-state index < -0.39 is 16.1 Å². The summed E-state index contributed by atoms with van der Waals surface area (Å²) in [6.45, 7) is 6.23. The number of rotatable bonds is 5. The smallest absolute Gasteiger partial charge is 0.250 e. The Kier molecular flexibility index (Phi) is 5.29. The van der Waals surface area contributed by atoms with Crippen LogP contribution in [-0.4, -0.2) is 33.2 Å². The molecule has 1 aliphatic heterocycles. The molecule has 0 unspecified atom stereocenters. The molecule has 0 aliphatic carbocycles. The average molecular weight is 387 g/mol. The fourth-order valence-electron chi connectivity index (χ4n) is 3.72. The first-order valence-corrected chi connectivity index (χ1v) is 11.0. The molecular weight excluding hydrogens is 360 g/mol. The third-order valence-electron chi connectivity index (χ3n) is 5.07. The Hall–Kier alpha value is -2.34. The van der Waals surface area contributed by atoms with E-state index >= 15 is 0 Å². The molecule has 6 heteroatoms. The van der Waals surface area contributed by atoms with E-state index in [0.717, 1.165) is 28.8 Å². The normalized spacial score (nSPS) is 14.7. The second-order valence-electron chi connectivity index (χ2n) is 7.14. The van der Waals surface area contributed by atoms with Crippen molar-refractivity contribution >= 4 is 27.3 Å². The van der Waals surface area contributed by atoms with E-state index in [2.05, 4.69) is 0 Å². The number of para-hydroxylation sites is 1. The Labute approximate surface area is 161 Å². The van der Waals surface area contributed by atoms with Crippen LogP contribution in [-0.2, 0) is 21.2 Å². The lowest BCUT2D eigenvalue weighted by molar-refractivity contribution is -0.119. The SMILES string of the molecule is CC[C@H](C(=O)N1CCc2ccccc21)N(c1cc(C)ccc1C)S(C)(=O)=O. The summed E-state index contributed by atoms with van der Waals surface area (Å²) in [5.74, 6) is -0.172. The average Bonchev–Trinajstić information content (AvgIpc) is 3.04.